The van der Waals surface area contributed by atoms with Gasteiger partial charge in [0.05, 0.1) is 5.60 Å². The maximum atomic E-state index is 10.7. The lowest BCUT2D eigenvalue weighted by atomic mass is 9.46. The topological polar surface area (TPSA) is 40.5 Å². The second kappa shape index (κ2) is 8.22. The molecule has 4 rings (SSSR count). The van der Waals surface area contributed by atoms with Gasteiger partial charge in [0.2, 0.25) is 0 Å². The molecule has 0 radical (unpaired) electrons. The zero-order chi connectivity index (χ0) is 21.7. The molecule has 2 heteroatoms. The van der Waals surface area contributed by atoms with E-state index in [1.807, 2.05) is 6.92 Å². The van der Waals surface area contributed by atoms with Crippen LogP contribution in [-0.2, 0) is 0 Å². The van der Waals surface area contributed by atoms with E-state index >= 15 is 0 Å². The fourth-order valence-corrected chi connectivity index (χ4v) is 8.86. The van der Waals surface area contributed by atoms with Gasteiger partial charge in [-0.15, -0.1) is 0 Å². The standard InChI is InChI=1S/C28H48O2/c1-19(18-29)7-6-8-20(2)23-11-12-24-22-10-9-21-17-26(3,30)15-16-27(21,4)25(22)13-14-28(23,24)5/h9,19-20,22-25,29-30H,6-8,10-18H2,1-5H3/t19?,20-,22+,23-,24+,25+,26+,27+,28-/m1/s1. The van der Waals surface area contributed by atoms with E-state index < -0.39 is 5.60 Å². The van der Waals surface area contributed by atoms with Gasteiger partial charge in [-0.05, 0) is 111 Å². The molecule has 0 amide bonds. The van der Waals surface area contributed by atoms with E-state index in [0.29, 0.717) is 23.4 Å². The molecule has 1 unspecified atom stereocenters. The molecule has 0 heterocycles. The van der Waals surface area contributed by atoms with Crippen molar-refractivity contribution in [1.82, 2.24) is 0 Å². The Morgan fingerprint density at radius 2 is 1.77 bits per heavy atom. The summed E-state index contributed by atoms with van der Waals surface area (Å²) in [5.74, 6) is 4.77. The van der Waals surface area contributed by atoms with Crippen LogP contribution in [0.15, 0.2) is 11.6 Å². The van der Waals surface area contributed by atoms with Crippen LogP contribution >= 0.6 is 0 Å². The van der Waals surface area contributed by atoms with Crippen molar-refractivity contribution < 1.29 is 10.2 Å². The van der Waals surface area contributed by atoms with Crippen LogP contribution < -0.4 is 0 Å². The third kappa shape index (κ3) is 3.83. The van der Waals surface area contributed by atoms with Crippen molar-refractivity contribution in [1.29, 1.82) is 0 Å². The molecule has 0 aromatic heterocycles. The number of allylic oxidation sites excluding steroid dienone is 1. The molecule has 30 heavy (non-hydrogen) atoms. The second-order valence-electron chi connectivity index (χ2n) is 12.9. The van der Waals surface area contributed by atoms with E-state index in [1.54, 1.807) is 5.57 Å². The average Bonchev–Trinajstić information content (AvgIpc) is 3.05. The lowest BCUT2D eigenvalue weighted by Gasteiger charge is -2.59. The van der Waals surface area contributed by atoms with Gasteiger partial charge in [0.25, 0.3) is 0 Å². The van der Waals surface area contributed by atoms with Gasteiger partial charge in [0.1, 0.15) is 0 Å². The third-order valence-corrected chi connectivity index (χ3v) is 10.8. The van der Waals surface area contributed by atoms with Crippen molar-refractivity contribution in [3.05, 3.63) is 11.6 Å². The van der Waals surface area contributed by atoms with Crippen molar-refractivity contribution in [2.45, 2.75) is 111 Å². The van der Waals surface area contributed by atoms with Crippen molar-refractivity contribution in [3.63, 3.8) is 0 Å². The molecule has 3 saturated carbocycles. The van der Waals surface area contributed by atoms with Crippen LogP contribution in [-0.4, -0.2) is 22.4 Å². The number of aliphatic hydroxyl groups is 2. The van der Waals surface area contributed by atoms with Crippen LogP contribution in [0.5, 0.6) is 0 Å². The van der Waals surface area contributed by atoms with Crippen molar-refractivity contribution >= 4 is 0 Å². The minimum absolute atomic E-state index is 0.338. The first-order valence-corrected chi connectivity index (χ1v) is 13.1. The van der Waals surface area contributed by atoms with Crippen LogP contribution in [0.2, 0.25) is 0 Å². The average molecular weight is 417 g/mol. The zero-order valence-electron chi connectivity index (χ0n) is 20.4. The van der Waals surface area contributed by atoms with Crippen molar-refractivity contribution in [3.8, 4) is 0 Å². The number of hydrogen-bond acceptors (Lipinski definition) is 2. The monoisotopic (exact) mass is 416 g/mol. The van der Waals surface area contributed by atoms with Gasteiger partial charge >= 0.3 is 0 Å². The summed E-state index contributed by atoms with van der Waals surface area (Å²) in [6, 6.07) is 0. The van der Waals surface area contributed by atoms with E-state index in [-0.39, 0.29) is 0 Å². The highest BCUT2D eigenvalue weighted by molar-refractivity contribution is 5.26. The molecule has 2 nitrogen and oxygen atoms in total. The van der Waals surface area contributed by atoms with E-state index in [4.69, 9.17) is 0 Å². The normalized spacial score (nSPS) is 47.6. The van der Waals surface area contributed by atoms with Crippen LogP contribution in [0.1, 0.15) is 105 Å². The predicted octanol–water partition coefficient (Wildman–Crippen LogP) is 6.75. The maximum Gasteiger partial charge on any atom is 0.0657 e. The number of rotatable bonds is 6. The first-order valence-electron chi connectivity index (χ1n) is 13.1. The van der Waals surface area contributed by atoms with Crippen LogP contribution in [0, 0.1) is 46.3 Å². The number of aliphatic hydroxyl groups excluding tert-OH is 1. The van der Waals surface area contributed by atoms with E-state index in [1.165, 1.54) is 57.8 Å². The summed E-state index contributed by atoms with van der Waals surface area (Å²) in [5.41, 5.74) is 1.98. The molecule has 0 aromatic rings. The number of hydrogen-bond donors (Lipinski definition) is 2. The van der Waals surface area contributed by atoms with Gasteiger partial charge < -0.3 is 10.2 Å². The number of fused-ring (bicyclic) bond motifs is 5. The van der Waals surface area contributed by atoms with E-state index in [0.717, 1.165) is 42.4 Å². The minimum Gasteiger partial charge on any atom is -0.396 e. The quantitative estimate of drug-likeness (QED) is 0.470. The highest BCUT2D eigenvalue weighted by atomic mass is 16.3. The van der Waals surface area contributed by atoms with Crippen molar-refractivity contribution in [2.75, 3.05) is 6.61 Å². The molecule has 2 N–H and O–H groups in total. The Morgan fingerprint density at radius 1 is 1.00 bits per heavy atom. The van der Waals surface area contributed by atoms with Gasteiger partial charge in [0.15, 0.2) is 0 Å². The van der Waals surface area contributed by atoms with Gasteiger partial charge in [-0.25, -0.2) is 0 Å². The Kier molecular flexibility index (Phi) is 6.26. The van der Waals surface area contributed by atoms with Gasteiger partial charge in [-0.2, -0.15) is 0 Å². The second-order valence-corrected chi connectivity index (χ2v) is 12.9. The Hall–Kier alpha value is -0.340. The summed E-state index contributed by atoms with van der Waals surface area (Å²) >= 11 is 0. The van der Waals surface area contributed by atoms with E-state index in [9.17, 15) is 10.2 Å². The summed E-state index contributed by atoms with van der Waals surface area (Å²) in [6.07, 6.45) is 16.4. The molecule has 0 saturated heterocycles. The first kappa shape index (κ1) is 22.8. The fraction of sp³-hybridized carbons (Fsp3) is 0.929. The van der Waals surface area contributed by atoms with Gasteiger partial charge in [0, 0.05) is 6.61 Å². The largest absolute Gasteiger partial charge is 0.396 e. The minimum atomic E-state index is -0.483. The van der Waals surface area contributed by atoms with Gasteiger partial charge in [-0.3, -0.25) is 0 Å². The highest BCUT2D eigenvalue weighted by Gasteiger charge is 2.59. The Balaban J connectivity index is 1.47. The zero-order valence-corrected chi connectivity index (χ0v) is 20.4. The summed E-state index contributed by atoms with van der Waals surface area (Å²) in [7, 11) is 0. The summed E-state index contributed by atoms with van der Waals surface area (Å²) in [4.78, 5) is 0. The molecule has 0 aromatic carbocycles. The Labute approximate surface area is 185 Å². The lowest BCUT2D eigenvalue weighted by molar-refractivity contribution is -0.0706. The maximum absolute atomic E-state index is 10.7. The Morgan fingerprint density at radius 3 is 2.50 bits per heavy atom. The van der Waals surface area contributed by atoms with Crippen LogP contribution in [0.3, 0.4) is 0 Å². The molecule has 4 aliphatic carbocycles. The van der Waals surface area contributed by atoms with Gasteiger partial charge in [-0.1, -0.05) is 52.2 Å². The summed E-state index contributed by atoms with van der Waals surface area (Å²) in [5, 5.41) is 20.0. The fourth-order valence-electron chi connectivity index (χ4n) is 8.86. The lowest BCUT2D eigenvalue weighted by Crippen LogP contribution is -2.52. The Bertz CT molecular complexity index is 651. The SMILES string of the molecule is CC(CO)CCC[C@@H](C)[C@H]1CC[C@H]2[C@@H]3CC=C4C[C@@](C)(O)CC[C@]4(C)[C@H]3CC[C@]12C. The molecular formula is C28H48O2. The molecule has 172 valence electrons. The van der Waals surface area contributed by atoms with E-state index in [2.05, 4.69) is 33.8 Å². The van der Waals surface area contributed by atoms with Crippen LogP contribution in [0.4, 0.5) is 0 Å². The molecule has 4 aliphatic rings. The highest BCUT2D eigenvalue weighted by Crippen LogP contribution is 2.67. The van der Waals surface area contributed by atoms with Crippen LogP contribution in [0.25, 0.3) is 0 Å². The summed E-state index contributed by atoms with van der Waals surface area (Å²) < 4.78 is 0. The molecule has 9 atom stereocenters. The molecule has 0 aliphatic heterocycles. The summed E-state index contributed by atoms with van der Waals surface area (Å²) in [6.45, 7) is 12.3. The molecule has 0 spiro atoms. The third-order valence-electron chi connectivity index (χ3n) is 10.8. The molecule has 3 fully saturated rings. The van der Waals surface area contributed by atoms with Crippen molar-refractivity contribution in [2.24, 2.45) is 46.3 Å². The smallest absolute Gasteiger partial charge is 0.0657 e. The molecule has 0 bridgehead atoms. The predicted molar refractivity (Wildman–Crippen MR) is 125 cm³/mol. The molecular weight excluding hydrogens is 368 g/mol. The first-order chi connectivity index (χ1) is 14.1.